The van der Waals surface area contributed by atoms with E-state index in [0.717, 1.165) is 42.9 Å². The average molecular weight is 329 g/mol. The van der Waals surface area contributed by atoms with Crippen LogP contribution in [0.2, 0.25) is 5.15 Å². The largest absolute Gasteiger partial charge is 0.340 e. The third-order valence-corrected chi connectivity index (χ3v) is 4.20. The molecule has 0 aliphatic heterocycles. The molecule has 0 unspecified atom stereocenters. The van der Waals surface area contributed by atoms with E-state index in [4.69, 9.17) is 11.6 Å². The zero-order valence-corrected chi connectivity index (χ0v) is 13.3. The van der Waals surface area contributed by atoms with Crippen molar-refractivity contribution >= 4 is 34.7 Å². The number of carbonyl (C=O) groups excluding carboxylic acids is 1. The van der Waals surface area contributed by atoms with Crippen LogP contribution in [0.1, 0.15) is 37.4 Å². The van der Waals surface area contributed by atoms with Crippen LogP contribution in [-0.2, 0) is 4.79 Å². The molecule has 4 rings (SSSR count). The minimum absolute atomic E-state index is 0.100. The summed E-state index contributed by atoms with van der Waals surface area (Å²) in [6, 6.07) is 9.32. The van der Waals surface area contributed by atoms with Gasteiger partial charge in [0.15, 0.2) is 0 Å². The van der Waals surface area contributed by atoms with Gasteiger partial charge in [-0.15, -0.1) is 0 Å². The van der Waals surface area contributed by atoms with E-state index in [1.165, 1.54) is 0 Å². The predicted molar refractivity (Wildman–Crippen MR) is 90.1 cm³/mol. The predicted octanol–water partition coefficient (Wildman–Crippen LogP) is 4.10. The van der Waals surface area contributed by atoms with Gasteiger partial charge >= 0.3 is 0 Å². The molecule has 0 bridgehead atoms. The van der Waals surface area contributed by atoms with Crippen molar-refractivity contribution in [3.05, 3.63) is 41.3 Å². The molecule has 1 heterocycles. The second kappa shape index (κ2) is 5.81. The molecule has 2 N–H and O–H groups in total. The number of rotatable bonds is 5. The second-order valence-corrected chi connectivity index (χ2v) is 6.56. The van der Waals surface area contributed by atoms with E-state index in [0.29, 0.717) is 16.9 Å². The first kappa shape index (κ1) is 14.5. The van der Waals surface area contributed by atoms with E-state index < -0.39 is 0 Å². The summed E-state index contributed by atoms with van der Waals surface area (Å²) >= 11 is 6.08. The Bertz CT molecular complexity index is 756. The highest BCUT2D eigenvalue weighted by Gasteiger charge is 2.29. The molecule has 2 saturated carbocycles. The molecular formula is C17H17ClN4O. The number of nitrogens with one attached hydrogen (secondary N) is 2. The molecule has 0 spiro atoms. The van der Waals surface area contributed by atoms with Crippen LogP contribution in [0.25, 0.3) is 0 Å². The number of benzene rings is 1. The summed E-state index contributed by atoms with van der Waals surface area (Å²) in [6.45, 7) is 0. The van der Waals surface area contributed by atoms with E-state index in [1.54, 1.807) is 6.07 Å². The van der Waals surface area contributed by atoms with Crippen LogP contribution in [0, 0.1) is 5.92 Å². The fourth-order valence-corrected chi connectivity index (χ4v) is 2.63. The summed E-state index contributed by atoms with van der Waals surface area (Å²) in [5.41, 5.74) is 1.64. The van der Waals surface area contributed by atoms with Gasteiger partial charge in [0, 0.05) is 29.3 Å². The minimum atomic E-state index is 0.100. The number of nitrogens with zero attached hydrogens (tertiary/aromatic N) is 2. The van der Waals surface area contributed by atoms with Crippen LogP contribution in [-0.4, -0.2) is 15.9 Å². The molecule has 1 amide bonds. The molecule has 23 heavy (non-hydrogen) atoms. The van der Waals surface area contributed by atoms with E-state index in [2.05, 4.69) is 20.6 Å². The van der Waals surface area contributed by atoms with Gasteiger partial charge in [0.1, 0.15) is 16.8 Å². The average Bonchev–Trinajstić information content (AvgIpc) is 3.39. The van der Waals surface area contributed by atoms with Crippen molar-refractivity contribution in [2.24, 2.45) is 5.92 Å². The Morgan fingerprint density at radius 1 is 1.09 bits per heavy atom. The number of carbonyl (C=O) groups is 1. The Labute approximate surface area is 139 Å². The molecule has 0 atom stereocenters. The van der Waals surface area contributed by atoms with Crippen LogP contribution in [0.5, 0.6) is 0 Å². The Hall–Kier alpha value is -2.14. The molecule has 5 nitrogen and oxygen atoms in total. The summed E-state index contributed by atoms with van der Waals surface area (Å²) in [5.74, 6) is 2.21. The first-order chi connectivity index (χ1) is 11.2. The first-order valence-corrected chi connectivity index (χ1v) is 8.27. The van der Waals surface area contributed by atoms with Gasteiger partial charge in [-0.1, -0.05) is 17.7 Å². The van der Waals surface area contributed by atoms with E-state index in [1.807, 2.05) is 24.3 Å². The molecule has 2 aromatic rings. The highest BCUT2D eigenvalue weighted by atomic mass is 35.5. The van der Waals surface area contributed by atoms with Gasteiger partial charge in [0.2, 0.25) is 5.91 Å². The van der Waals surface area contributed by atoms with Crippen molar-refractivity contribution in [3.63, 3.8) is 0 Å². The smallest absolute Gasteiger partial charge is 0.227 e. The van der Waals surface area contributed by atoms with Gasteiger partial charge in [0.25, 0.3) is 0 Å². The lowest BCUT2D eigenvalue weighted by Crippen LogP contribution is -2.13. The Balaban J connectivity index is 1.50. The van der Waals surface area contributed by atoms with Crippen LogP contribution in [0.4, 0.5) is 17.2 Å². The lowest BCUT2D eigenvalue weighted by atomic mass is 10.2. The fourth-order valence-electron chi connectivity index (χ4n) is 2.44. The Kier molecular flexibility index (Phi) is 3.65. The van der Waals surface area contributed by atoms with Gasteiger partial charge in [-0.3, -0.25) is 4.79 Å². The van der Waals surface area contributed by atoms with Crippen LogP contribution in [0.3, 0.4) is 0 Å². The lowest BCUT2D eigenvalue weighted by Gasteiger charge is -2.10. The van der Waals surface area contributed by atoms with Crippen LogP contribution < -0.4 is 10.6 Å². The van der Waals surface area contributed by atoms with Crippen molar-refractivity contribution in [2.45, 2.75) is 31.6 Å². The maximum atomic E-state index is 11.8. The summed E-state index contributed by atoms with van der Waals surface area (Å²) in [6.07, 6.45) is 4.24. The lowest BCUT2D eigenvalue weighted by molar-refractivity contribution is -0.117. The molecule has 6 heteroatoms. The quantitative estimate of drug-likeness (QED) is 0.811. The van der Waals surface area contributed by atoms with Crippen molar-refractivity contribution in [1.29, 1.82) is 0 Å². The standard InChI is InChI=1S/C17H17ClN4O/c18-14-9-15(22-16(21-14)10-4-5-10)19-12-2-1-3-13(8-12)20-17(23)11-6-7-11/h1-3,8-11H,4-7H2,(H,20,23)(H,19,21,22). The van der Waals surface area contributed by atoms with Crippen molar-refractivity contribution in [3.8, 4) is 0 Å². The number of hydrogen-bond acceptors (Lipinski definition) is 4. The van der Waals surface area contributed by atoms with Gasteiger partial charge in [0.05, 0.1) is 0 Å². The first-order valence-electron chi connectivity index (χ1n) is 7.90. The zero-order chi connectivity index (χ0) is 15.8. The molecule has 1 aromatic carbocycles. The third kappa shape index (κ3) is 3.62. The number of hydrogen-bond donors (Lipinski definition) is 2. The summed E-state index contributed by atoms with van der Waals surface area (Å²) in [7, 11) is 0. The number of amides is 1. The summed E-state index contributed by atoms with van der Waals surface area (Å²) in [4.78, 5) is 20.6. The van der Waals surface area contributed by atoms with Crippen LogP contribution in [0.15, 0.2) is 30.3 Å². The molecule has 2 aliphatic rings. The molecule has 2 aliphatic carbocycles. The SMILES string of the molecule is O=C(Nc1cccc(Nc2cc(Cl)nc(C3CC3)n2)c1)C1CC1. The molecule has 118 valence electrons. The fraction of sp³-hybridized carbons (Fsp3) is 0.353. The maximum absolute atomic E-state index is 11.8. The van der Waals surface area contributed by atoms with Gasteiger partial charge in [-0.05, 0) is 43.9 Å². The molecule has 0 radical (unpaired) electrons. The number of aromatic nitrogens is 2. The topological polar surface area (TPSA) is 66.9 Å². The van der Waals surface area contributed by atoms with E-state index in [9.17, 15) is 4.79 Å². The minimum Gasteiger partial charge on any atom is -0.340 e. The Morgan fingerprint density at radius 3 is 2.61 bits per heavy atom. The number of anilines is 3. The normalized spacial score (nSPS) is 16.9. The van der Waals surface area contributed by atoms with Crippen molar-refractivity contribution in [1.82, 2.24) is 9.97 Å². The van der Waals surface area contributed by atoms with E-state index in [-0.39, 0.29) is 11.8 Å². The van der Waals surface area contributed by atoms with Gasteiger partial charge in [-0.2, -0.15) is 0 Å². The van der Waals surface area contributed by atoms with Crippen molar-refractivity contribution < 1.29 is 4.79 Å². The Morgan fingerprint density at radius 2 is 1.87 bits per heavy atom. The summed E-state index contributed by atoms with van der Waals surface area (Å²) in [5, 5.41) is 6.63. The summed E-state index contributed by atoms with van der Waals surface area (Å²) < 4.78 is 0. The number of halogens is 1. The van der Waals surface area contributed by atoms with Gasteiger partial charge < -0.3 is 10.6 Å². The molecular weight excluding hydrogens is 312 g/mol. The van der Waals surface area contributed by atoms with Gasteiger partial charge in [-0.25, -0.2) is 9.97 Å². The molecule has 1 aromatic heterocycles. The van der Waals surface area contributed by atoms with Crippen LogP contribution >= 0.6 is 11.6 Å². The maximum Gasteiger partial charge on any atom is 0.227 e. The highest BCUT2D eigenvalue weighted by molar-refractivity contribution is 6.29. The second-order valence-electron chi connectivity index (χ2n) is 6.18. The highest BCUT2D eigenvalue weighted by Crippen LogP contribution is 2.39. The van der Waals surface area contributed by atoms with Crippen molar-refractivity contribution in [2.75, 3.05) is 10.6 Å². The third-order valence-electron chi connectivity index (χ3n) is 4.01. The monoisotopic (exact) mass is 328 g/mol. The zero-order valence-electron chi connectivity index (χ0n) is 12.6. The molecule has 2 fully saturated rings. The van der Waals surface area contributed by atoms with E-state index >= 15 is 0 Å². The molecule has 0 saturated heterocycles.